The molecule has 0 aliphatic carbocycles. The van der Waals surface area contributed by atoms with Crippen molar-refractivity contribution in [2.45, 2.75) is 13.8 Å². The number of anilines is 1. The summed E-state index contributed by atoms with van der Waals surface area (Å²) in [6.07, 6.45) is 1.74. The molecule has 1 aromatic carbocycles. The van der Waals surface area contributed by atoms with Gasteiger partial charge in [-0.1, -0.05) is 12.1 Å². The monoisotopic (exact) mass is 378 g/mol. The number of hydrogen-bond acceptors (Lipinski definition) is 3. The second-order valence-electron chi connectivity index (χ2n) is 7.62. The smallest absolute Gasteiger partial charge is 0.270 e. The Morgan fingerprint density at radius 1 is 1.00 bits per heavy atom. The van der Waals surface area contributed by atoms with Crippen molar-refractivity contribution in [3.05, 3.63) is 63.7 Å². The van der Waals surface area contributed by atoms with E-state index in [0.29, 0.717) is 24.2 Å². The molecule has 6 heteroatoms. The summed E-state index contributed by atoms with van der Waals surface area (Å²) >= 11 is 0. The van der Waals surface area contributed by atoms with Crippen molar-refractivity contribution in [1.29, 1.82) is 0 Å². The number of aryl methyl sites for hydroxylation is 3. The molecule has 1 amide bonds. The van der Waals surface area contributed by atoms with Crippen molar-refractivity contribution in [2.75, 3.05) is 31.1 Å². The lowest BCUT2D eigenvalue weighted by Gasteiger charge is -2.37. The number of fused-ring (bicyclic) bond motifs is 1. The fraction of sp³-hybridized carbons (Fsp3) is 0.364. The number of aromatic nitrogens is 2. The third-order valence-electron chi connectivity index (χ3n) is 5.99. The molecule has 28 heavy (non-hydrogen) atoms. The molecule has 0 unspecified atom stereocenters. The Hall–Kier alpha value is -3.02. The summed E-state index contributed by atoms with van der Waals surface area (Å²) in [5, 5.41) is 0.588. The van der Waals surface area contributed by atoms with Crippen LogP contribution in [0.15, 0.2) is 41.3 Å². The van der Waals surface area contributed by atoms with Gasteiger partial charge < -0.3 is 18.9 Å². The zero-order chi connectivity index (χ0) is 20.0. The average Bonchev–Trinajstić information content (AvgIpc) is 3.04. The number of carbonyl (C=O) groups is 1. The summed E-state index contributed by atoms with van der Waals surface area (Å²) in [6.45, 7) is 7.24. The topological polar surface area (TPSA) is 50.5 Å². The second kappa shape index (κ2) is 6.86. The third-order valence-corrected chi connectivity index (χ3v) is 5.99. The summed E-state index contributed by atoms with van der Waals surface area (Å²) in [5.41, 5.74) is 5.12. The lowest BCUT2D eigenvalue weighted by Crippen LogP contribution is -2.49. The van der Waals surface area contributed by atoms with Gasteiger partial charge in [0.25, 0.3) is 11.5 Å². The molecule has 1 fully saturated rings. The Kier molecular flexibility index (Phi) is 4.49. The van der Waals surface area contributed by atoms with Crippen LogP contribution in [0.2, 0.25) is 0 Å². The minimum absolute atomic E-state index is 0.0126. The van der Waals surface area contributed by atoms with Crippen LogP contribution in [0.25, 0.3) is 10.9 Å². The van der Waals surface area contributed by atoms with Crippen molar-refractivity contribution in [3.63, 3.8) is 0 Å². The number of piperazine rings is 1. The van der Waals surface area contributed by atoms with Gasteiger partial charge in [0.1, 0.15) is 5.69 Å². The fourth-order valence-corrected chi connectivity index (χ4v) is 4.03. The van der Waals surface area contributed by atoms with Gasteiger partial charge in [-0.3, -0.25) is 9.59 Å². The van der Waals surface area contributed by atoms with Gasteiger partial charge >= 0.3 is 0 Å². The van der Waals surface area contributed by atoms with Gasteiger partial charge in [-0.2, -0.15) is 0 Å². The molecule has 0 bridgehead atoms. The van der Waals surface area contributed by atoms with Gasteiger partial charge in [0.15, 0.2) is 0 Å². The Labute approximate surface area is 164 Å². The van der Waals surface area contributed by atoms with Gasteiger partial charge in [-0.15, -0.1) is 0 Å². The van der Waals surface area contributed by atoms with E-state index in [1.54, 1.807) is 23.9 Å². The van der Waals surface area contributed by atoms with Crippen LogP contribution in [0.3, 0.4) is 0 Å². The van der Waals surface area contributed by atoms with Gasteiger partial charge in [0, 0.05) is 52.2 Å². The molecule has 3 aromatic rings. The van der Waals surface area contributed by atoms with E-state index >= 15 is 0 Å². The maximum Gasteiger partial charge on any atom is 0.270 e. The van der Waals surface area contributed by atoms with Crippen LogP contribution in [0.1, 0.15) is 21.6 Å². The zero-order valence-electron chi connectivity index (χ0n) is 16.9. The van der Waals surface area contributed by atoms with Crippen LogP contribution in [-0.2, 0) is 14.1 Å². The van der Waals surface area contributed by atoms with E-state index < -0.39 is 0 Å². The van der Waals surface area contributed by atoms with E-state index in [4.69, 9.17) is 0 Å². The molecule has 146 valence electrons. The molecule has 6 nitrogen and oxygen atoms in total. The molecular weight excluding hydrogens is 352 g/mol. The minimum atomic E-state index is -0.0770. The highest BCUT2D eigenvalue weighted by Crippen LogP contribution is 2.24. The molecule has 1 aliphatic heterocycles. The predicted octanol–water partition coefficient (Wildman–Crippen LogP) is 2.46. The van der Waals surface area contributed by atoms with Gasteiger partial charge in [0.2, 0.25) is 0 Å². The van der Waals surface area contributed by atoms with Crippen molar-refractivity contribution >= 4 is 22.5 Å². The van der Waals surface area contributed by atoms with Gasteiger partial charge in [0.05, 0.1) is 10.9 Å². The van der Waals surface area contributed by atoms with E-state index in [2.05, 4.69) is 36.9 Å². The summed E-state index contributed by atoms with van der Waals surface area (Å²) in [5.74, 6) is -0.0126. The lowest BCUT2D eigenvalue weighted by atomic mass is 10.1. The second-order valence-corrected chi connectivity index (χ2v) is 7.62. The van der Waals surface area contributed by atoms with Gasteiger partial charge in [-0.05, 0) is 43.2 Å². The van der Waals surface area contributed by atoms with E-state index in [-0.39, 0.29) is 11.5 Å². The van der Waals surface area contributed by atoms with E-state index in [1.807, 2.05) is 22.6 Å². The summed E-state index contributed by atoms with van der Waals surface area (Å²) in [6, 6.07) is 9.98. The highest BCUT2D eigenvalue weighted by molar-refractivity contribution is 5.98. The normalized spacial score (nSPS) is 14.7. The van der Waals surface area contributed by atoms with E-state index in [0.717, 1.165) is 18.6 Å². The van der Waals surface area contributed by atoms with Crippen LogP contribution in [-0.4, -0.2) is 46.1 Å². The Morgan fingerprint density at radius 3 is 2.43 bits per heavy atom. The molecule has 2 aromatic heterocycles. The van der Waals surface area contributed by atoms with Crippen LogP contribution in [0.4, 0.5) is 5.69 Å². The average molecular weight is 378 g/mol. The first-order chi connectivity index (χ1) is 13.4. The maximum absolute atomic E-state index is 13.1. The Balaban J connectivity index is 1.56. The highest BCUT2D eigenvalue weighted by Gasteiger charge is 2.25. The minimum Gasteiger partial charge on any atom is -0.368 e. The van der Waals surface area contributed by atoms with Crippen LogP contribution >= 0.6 is 0 Å². The number of carbonyl (C=O) groups excluding carboxylic acids is 1. The zero-order valence-corrected chi connectivity index (χ0v) is 16.9. The van der Waals surface area contributed by atoms with Crippen molar-refractivity contribution in [1.82, 2.24) is 14.0 Å². The summed E-state index contributed by atoms with van der Waals surface area (Å²) < 4.78 is 3.37. The molecule has 0 saturated carbocycles. The first-order valence-corrected chi connectivity index (χ1v) is 9.64. The van der Waals surface area contributed by atoms with E-state index in [9.17, 15) is 9.59 Å². The number of pyridine rings is 1. The van der Waals surface area contributed by atoms with Crippen LogP contribution in [0.5, 0.6) is 0 Å². The number of benzene rings is 1. The molecule has 0 radical (unpaired) electrons. The summed E-state index contributed by atoms with van der Waals surface area (Å²) in [7, 11) is 3.57. The molecule has 1 aliphatic rings. The number of nitrogens with zero attached hydrogens (tertiary/aromatic N) is 4. The quantitative estimate of drug-likeness (QED) is 0.688. The number of amides is 1. The number of rotatable bonds is 2. The predicted molar refractivity (Wildman–Crippen MR) is 112 cm³/mol. The maximum atomic E-state index is 13.1. The molecule has 0 N–H and O–H groups in total. The Bertz CT molecular complexity index is 1120. The first-order valence-electron chi connectivity index (χ1n) is 9.64. The van der Waals surface area contributed by atoms with Crippen LogP contribution in [0, 0.1) is 13.8 Å². The van der Waals surface area contributed by atoms with Crippen molar-refractivity contribution in [3.8, 4) is 0 Å². The van der Waals surface area contributed by atoms with Gasteiger partial charge in [-0.25, -0.2) is 0 Å². The fourth-order valence-electron chi connectivity index (χ4n) is 4.03. The molecule has 0 spiro atoms. The lowest BCUT2D eigenvalue weighted by molar-refractivity contribution is 0.0737. The molecule has 1 saturated heterocycles. The first kappa shape index (κ1) is 18.3. The van der Waals surface area contributed by atoms with Crippen molar-refractivity contribution < 1.29 is 4.79 Å². The van der Waals surface area contributed by atoms with Crippen LogP contribution < -0.4 is 10.5 Å². The largest absolute Gasteiger partial charge is 0.368 e. The Morgan fingerprint density at radius 2 is 1.71 bits per heavy atom. The third kappa shape index (κ3) is 2.89. The highest BCUT2D eigenvalue weighted by atomic mass is 16.2. The van der Waals surface area contributed by atoms with Crippen molar-refractivity contribution in [2.24, 2.45) is 14.1 Å². The summed E-state index contributed by atoms with van der Waals surface area (Å²) in [4.78, 5) is 29.7. The molecule has 4 rings (SSSR count). The molecule has 3 heterocycles. The number of hydrogen-bond donors (Lipinski definition) is 0. The standard InChI is InChI=1S/C22H26N4O2/c1-15-6-5-7-18(16(15)2)25-10-12-26(13-11-25)22(28)20-14-17-19(24(20)4)8-9-23(3)21(17)27/h5-9,14H,10-13H2,1-4H3. The van der Waals surface area contributed by atoms with E-state index in [1.165, 1.54) is 16.8 Å². The molecule has 0 atom stereocenters. The molecular formula is C22H26N4O2. The SMILES string of the molecule is Cc1cccc(N2CCN(C(=O)c3cc4c(=O)n(C)ccc4n3C)CC2)c1C.